The van der Waals surface area contributed by atoms with Crippen molar-refractivity contribution in [2.24, 2.45) is 5.92 Å². The summed E-state index contributed by atoms with van der Waals surface area (Å²) < 4.78 is 28.7. The van der Waals surface area contributed by atoms with E-state index in [0.29, 0.717) is 24.0 Å². The van der Waals surface area contributed by atoms with Crippen LogP contribution in [0.15, 0.2) is 47.4 Å². The molecule has 31 heavy (non-hydrogen) atoms. The molecule has 0 spiro atoms. The van der Waals surface area contributed by atoms with Gasteiger partial charge >= 0.3 is 0 Å². The summed E-state index contributed by atoms with van der Waals surface area (Å²) in [6.07, 6.45) is 8.14. The monoisotopic (exact) mass is 441 g/mol. The molecule has 1 atom stereocenters. The Balaban J connectivity index is 1.42. The summed E-state index contributed by atoms with van der Waals surface area (Å²) in [4.78, 5) is 11.7. The highest BCUT2D eigenvalue weighted by Crippen LogP contribution is 2.29. The Morgan fingerprint density at radius 3 is 2.68 bits per heavy atom. The molecule has 0 saturated heterocycles. The Kier molecular flexibility index (Phi) is 6.62. The standard InChI is InChI=1S/C24H31N3O3S/c1-17(13-18-7-3-2-4-8-18)25-16-20-9-5-6-10-22(20)27-31(29,30)21-12-11-19-14-24(28)26-23(19)15-21/h5-6,9-12,15,17-18,25,27H,2-4,7-8,13-14,16H2,1H3,(H,26,28). The smallest absolute Gasteiger partial charge is 0.261 e. The van der Waals surface area contributed by atoms with Gasteiger partial charge in [0.2, 0.25) is 5.91 Å². The molecule has 4 rings (SSSR count). The number of rotatable bonds is 8. The van der Waals surface area contributed by atoms with E-state index in [-0.39, 0.29) is 17.2 Å². The van der Waals surface area contributed by atoms with Crippen LogP contribution in [-0.4, -0.2) is 20.4 Å². The molecule has 166 valence electrons. The molecule has 1 fully saturated rings. The minimum Gasteiger partial charge on any atom is -0.325 e. The molecule has 1 aliphatic carbocycles. The lowest BCUT2D eigenvalue weighted by molar-refractivity contribution is -0.115. The predicted octanol–water partition coefficient (Wildman–Crippen LogP) is 4.43. The van der Waals surface area contributed by atoms with Crippen LogP contribution in [-0.2, 0) is 27.8 Å². The number of sulfonamides is 1. The number of hydrogen-bond donors (Lipinski definition) is 3. The minimum atomic E-state index is -3.77. The highest BCUT2D eigenvalue weighted by Gasteiger charge is 2.23. The SMILES string of the molecule is CC(CC1CCCCC1)NCc1ccccc1NS(=O)(=O)c1ccc2c(c1)NC(=O)C2. The van der Waals surface area contributed by atoms with Crippen LogP contribution in [0, 0.1) is 5.92 Å². The summed E-state index contributed by atoms with van der Waals surface area (Å²) in [7, 11) is -3.77. The van der Waals surface area contributed by atoms with Crippen LogP contribution in [0.2, 0.25) is 0 Å². The average molecular weight is 442 g/mol. The Labute approximate surface area is 184 Å². The van der Waals surface area contributed by atoms with Crippen molar-refractivity contribution in [3.63, 3.8) is 0 Å². The van der Waals surface area contributed by atoms with E-state index in [1.807, 2.05) is 18.2 Å². The van der Waals surface area contributed by atoms with Crippen molar-refractivity contribution >= 4 is 27.3 Å². The molecule has 7 heteroatoms. The third-order valence-corrected chi connectivity index (χ3v) is 7.69. The molecule has 0 aromatic heterocycles. The third kappa shape index (κ3) is 5.46. The molecule has 0 bridgehead atoms. The van der Waals surface area contributed by atoms with Gasteiger partial charge in [0.1, 0.15) is 0 Å². The first kappa shape index (κ1) is 21.8. The average Bonchev–Trinajstić information content (AvgIpc) is 3.13. The Morgan fingerprint density at radius 1 is 1.10 bits per heavy atom. The summed E-state index contributed by atoms with van der Waals surface area (Å²) in [5.74, 6) is 0.682. The molecule has 2 aromatic rings. The van der Waals surface area contributed by atoms with E-state index in [4.69, 9.17) is 0 Å². The van der Waals surface area contributed by atoms with Crippen LogP contribution in [0.4, 0.5) is 11.4 Å². The zero-order valence-electron chi connectivity index (χ0n) is 18.0. The van der Waals surface area contributed by atoms with Crippen LogP contribution >= 0.6 is 0 Å². The molecule has 1 heterocycles. The van der Waals surface area contributed by atoms with E-state index in [2.05, 4.69) is 22.3 Å². The van der Waals surface area contributed by atoms with E-state index in [1.165, 1.54) is 38.2 Å². The number of amides is 1. The first-order valence-electron chi connectivity index (χ1n) is 11.2. The number of fused-ring (bicyclic) bond motifs is 1. The first-order valence-corrected chi connectivity index (χ1v) is 12.7. The van der Waals surface area contributed by atoms with Crippen LogP contribution < -0.4 is 15.4 Å². The topological polar surface area (TPSA) is 87.3 Å². The van der Waals surface area contributed by atoms with Crippen molar-refractivity contribution in [2.45, 2.75) is 69.4 Å². The van der Waals surface area contributed by atoms with E-state index >= 15 is 0 Å². The van der Waals surface area contributed by atoms with Gasteiger partial charge in [-0.1, -0.05) is 56.4 Å². The molecule has 2 aliphatic rings. The number of anilines is 2. The summed E-state index contributed by atoms with van der Waals surface area (Å²) >= 11 is 0. The number of hydrogen-bond acceptors (Lipinski definition) is 4. The van der Waals surface area contributed by atoms with Gasteiger partial charge in [-0.25, -0.2) is 8.42 Å². The highest BCUT2D eigenvalue weighted by atomic mass is 32.2. The fraction of sp³-hybridized carbons (Fsp3) is 0.458. The molecule has 1 amide bonds. The summed E-state index contributed by atoms with van der Waals surface area (Å²) in [6.45, 7) is 2.81. The van der Waals surface area contributed by atoms with Crippen molar-refractivity contribution in [1.29, 1.82) is 0 Å². The van der Waals surface area contributed by atoms with E-state index in [1.54, 1.807) is 18.2 Å². The van der Waals surface area contributed by atoms with Crippen molar-refractivity contribution in [3.8, 4) is 0 Å². The van der Waals surface area contributed by atoms with Gasteiger partial charge in [-0.15, -0.1) is 0 Å². The van der Waals surface area contributed by atoms with Gasteiger partial charge in [0.15, 0.2) is 0 Å². The van der Waals surface area contributed by atoms with Gasteiger partial charge < -0.3 is 10.6 Å². The molecule has 1 unspecified atom stereocenters. The van der Waals surface area contributed by atoms with Crippen molar-refractivity contribution in [1.82, 2.24) is 5.32 Å². The molecule has 1 saturated carbocycles. The van der Waals surface area contributed by atoms with Gasteiger partial charge in [0.05, 0.1) is 17.0 Å². The molecule has 0 radical (unpaired) electrons. The zero-order valence-corrected chi connectivity index (χ0v) is 18.8. The second kappa shape index (κ2) is 9.40. The van der Waals surface area contributed by atoms with Crippen molar-refractivity contribution in [2.75, 3.05) is 10.0 Å². The van der Waals surface area contributed by atoms with Crippen LogP contribution in [0.3, 0.4) is 0 Å². The van der Waals surface area contributed by atoms with Crippen LogP contribution in [0.1, 0.15) is 56.6 Å². The van der Waals surface area contributed by atoms with Crippen LogP contribution in [0.5, 0.6) is 0 Å². The van der Waals surface area contributed by atoms with E-state index < -0.39 is 10.0 Å². The van der Waals surface area contributed by atoms with Gasteiger partial charge in [-0.3, -0.25) is 9.52 Å². The largest absolute Gasteiger partial charge is 0.325 e. The molecule has 1 aliphatic heterocycles. The number of nitrogens with one attached hydrogen (secondary N) is 3. The van der Waals surface area contributed by atoms with E-state index in [9.17, 15) is 13.2 Å². The number of carbonyl (C=O) groups is 1. The fourth-order valence-corrected chi connectivity index (χ4v) is 5.76. The second-order valence-electron chi connectivity index (χ2n) is 8.83. The number of carbonyl (C=O) groups excluding carboxylic acids is 1. The van der Waals surface area contributed by atoms with Gasteiger partial charge in [-0.05, 0) is 48.6 Å². The van der Waals surface area contributed by atoms with Gasteiger partial charge in [-0.2, -0.15) is 0 Å². The molecule has 3 N–H and O–H groups in total. The van der Waals surface area contributed by atoms with Crippen LogP contribution in [0.25, 0.3) is 0 Å². The quantitative estimate of drug-likeness (QED) is 0.566. The molecular formula is C24H31N3O3S. The summed E-state index contributed by atoms with van der Waals surface area (Å²) in [5.41, 5.74) is 2.88. The minimum absolute atomic E-state index is 0.115. The lowest BCUT2D eigenvalue weighted by atomic mass is 9.85. The summed E-state index contributed by atoms with van der Waals surface area (Å²) in [6, 6.07) is 12.6. The van der Waals surface area contributed by atoms with Gasteiger partial charge in [0.25, 0.3) is 10.0 Å². The first-order chi connectivity index (χ1) is 14.9. The Hall–Kier alpha value is -2.38. The van der Waals surface area contributed by atoms with E-state index in [0.717, 1.165) is 23.5 Å². The normalized spacial score (nSPS) is 17.8. The lowest BCUT2D eigenvalue weighted by Gasteiger charge is -2.25. The van der Waals surface area contributed by atoms with Crippen molar-refractivity contribution < 1.29 is 13.2 Å². The maximum absolute atomic E-state index is 13.0. The Morgan fingerprint density at radius 2 is 1.87 bits per heavy atom. The molecular weight excluding hydrogens is 410 g/mol. The predicted molar refractivity (Wildman–Crippen MR) is 124 cm³/mol. The fourth-order valence-electron chi connectivity index (χ4n) is 4.63. The van der Waals surface area contributed by atoms with Gasteiger partial charge in [0, 0.05) is 18.3 Å². The summed E-state index contributed by atoms with van der Waals surface area (Å²) in [5, 5.41) is 6.28. The molecule has 6 nitrogen and oxygen atoms in total. The molecule has 2 aromatic carbocycles. The second-order valence-corrected chi connectivity index (χ2v) is 10.5. The van der Waals surface area contributed by atoms with Crippen molar-refractivity contribution in [3.05, 3.63) is 53.6 Å². The maximum Gasteiger partial charge on any atom is 0.261 e. The zero-order chi connectivity index (χ0) is 21.8. The lowest BCUT2D eigenvalue weighted by Crippen LogP contribution is -2.29. The maximum atomic E-state index is 13.0. The third-order valence-electron chi connectivity index (χ3n) is 6.33. The number of para-hydroxylation sites is 1. The highest BCUT2D eigenvalue weighted by molar-refractivity contribution is 7.92. The number of benzene rings is 2. The Bertz CT molecular complexity index is 1050.